The maximum absolute atomic E-state index is 12.5. The van der Waals surface area contributed by atoms with Crippen molar-refractivity contribution in [1.82, 2.24) is 24.4 Å². The van der Waals surface area contributed by atoms with Gasteiger partial charge < -0.3 is 18.8 Å². The molecule has 1 N–H and O–H groups in total. The number of hydrogen-bond donors (Lipinski definition) is 1. The highest BCUT2D eigenvalue weighted by atomic mass is 32.1. The summed E-state index contributed by atoms with van der Waals surface area (Å²) in [5.74, 6) is 1.65. The smallest absolute Gasteiger partial charge is 0.289 e. The highest BCUT2D eigenvalue weighted by Gasteiger charge is 2.34. The van der Waals surface area contributed by atoms with Crippen LogP contribution in [0.3, 0.4) is 0 Å². The number of aryl methyl sites for hydroxylation is 1. The number of nitrogens with zero attached hydrogens (tertiary/aromatic N) is 5. The Morgan fingerprint density at radius 2 is 1.93 bits per heavy atom. The number of carbonyl (C=O) groups excluding carboxylic acids is 1. The van der Waals surface area contributed by atoms with Crippen LogP contribution in [-0.2, 0) is 0 Å². The Labute approximate surface area is 169 Å². The van der Waals surface area contributed by atoms with Crippen molar-refractivity contribution in [3.8, 4) is 5.88 Å². The number of aromatic hydroxyl groups is 1. The highest BCUT2D eigenvalue weighted by molar-refractivity contribution is 7.17. The molecule has 4 aromatic rings. The Hall–Kier alpha value is -3.11. The molecule has 0 unspecified atom stereocenters. The lowest BCUT2D eigenvalue weighted by Crippen LogP contribution is -2.49. The zero-order chi connectivity index (χ0) is 20.0. The maximum Gasteiger partial charge on any atom is 0.289 e. The van der Waals surface area contributed by atoms with Gasteiger partial charge in [0.1, 0.15) is 17.6 Å². The van der Waals surface area contributed by atoms with E-state index in [0.717, 1.165) is 10.6 Å². The molecule has 0 aromatic carbocycles. The number of rotatable bonds is 4. The van der Waals surface area contributed by atoms with Crippen LogP contribution in [-0.4, -0.2) is 61.6 Å². The number of amides is 1. The van der Waals surface area contributed by atoms with Gasteiger partial charge in [0, 0.05) is 26.2 Å². The molecule has 1 atom stereocenters. The molecule has 0 radical (unpaired) electrons. The molecule has 1 fully saturated rings. The first-order valence-corrected chi connectivity index (χ1v) is 10.1. The lowest BCUT2D eigenvalue weighted by Gasteiger charge is -2.37. The molecule has 150 valence electrons. The third-order valence-corrected chi connectivity index (χ3v) is 6.14. The van der Waals surface area contributed by atoms with Gasteiger partial charge in [0.15, 0.2) is 5.76 Å². The van der Waals surface area contributed by atoms with E-state index in [1.165, 1.54) is 22.1 Å². The van der Waals surface area contributed by atoms with Crippen LogP contribution in [0.15, 0.2) is 45.6 Å². The standard InChI is InChI=1S/C19H19N5O4S/c1-12-20-19-24(21-12)18(26)16(29-19)15(13-4-2-10-27-13)22-6-8-23(9-7-22)17(25)14-5-3-11-28-14/h2-5,10-11,15,26H,6-9H2,1H3/t15-/m1/s1. The van der Waals surface area contributed by atoms with Crippen molar-refractivity contribution in [2.75, 3.05) is 26.2 Å². The van der Waals surface area contributed by atoms with E-state index >= 15 is 0 Å². The van der Waals surface area contributed by atoms with Crippen molar-refractivity contribution >= 4 is 22.2 Å². The van der Waals surface area contributed by atoms with Gasteiger partial charge in [-0.25, -0.2) is 4.98 Å². The van der Waals surface area contributed by atoms with E-state index in [1.54, 1.807) is 30.2 Å². The second-order valence-corrected chi connectivity index (χ2v) is 7.88. The van der Waals surface area contributed by atoms with Crippen LogP contribution < -0.4 is 0 Å². The summed E-state index contributed by atoms with van der Waals surface area (Å²) in [6, 6.07) is 6.83. The molecule has 1 amide bonds. The minimum atomic E-state index is -0.278. The normalized spacial score (nSPS) is 16.5. The highest BCUT2D eigenvalue weighted by Crippen LogP contribution is 2.40. The monoisotopic (exact) mass is 413 g/mol. The van der Waals surface area contributed by atoms with Gasteiger partial charge in [-0.15, -0.1) is 5.10 Å². The fourth-order valence-corrected chi connectivity index (χ4v) is 4.83. The van der Waals surface area contributed by atoms with Gasteiger partial charge in [-0.1, -0.05) is 11.3 Å². The Balaban J connectivity index is 1.42. The van der Waals surface area contributed by atoms with Crippen LogP contribution in [0.2, 0.25) is 0 Å². The first-order valence-electron chi connectivity index (χ1n) is 9.27. The molecule has 1 aliphatic rings. The minimum absolute atomic E-state index is 0.0705. The van der Waals surface area contributed by atoms with Gasteiger partial charge in [0.25, 0.3) is 5.91 Å². The van der Waals surface area contributed by atoms with E-state index in [0.29, 0.717) is 42.7 Å². The van der Waals surface area contributed by atoms with E-state index in [4.69, 9.17) is 8.83 Å². The Morgan fingerprint density at radius 3 is 2.59 bits per heavy atom. The second-order valence-electron chi connectivity index (χ2n) is 6.87. The summed E-state index contributed by atoms with van der Waals surface area (Å²) in [7, 11) is 0. The summed E-state index contributed by atoms with van der Waals surface area (Å²) in [6.07, 6.45) is 3.12. The number of hydrogen-bond acceptors (Lipinski definition) is 8. The Bertz CT molecular complexity index is 1120. The zero-order valence-electron chi connectivity index (χ0n) is 15.7. The fourth-order valence-electron chi connectivity index (χ4n) is 3.69. The third kappa shape index (κ3) is 3.10. The van der Waals surface area contributed by atoms with Gasteiger partial charge in [0.05, 0.1) is 17.4 Å². The van der Waals surface area contributed by atoms with Crippen molar-refractivity contribution in [3.63, 3.8) is 0 Å². The average molecular weight is 413 g/mol. The van der Waals surface area contributed by atoms with Crippen molar-refractivity contribution in [2.45, 2.75) is 13.0 Å². The summed E-state index contributed by atoms with van der Waals surface area (Å²) in [4.78, 5) is 22.2. The predicted octanol–water partition coefficient (Wildman–Crippen LogP) is 2.54. The van der Waals surface area contributed by atoms with Crippen LogP contribution >= 0.6 is 11.3 Å². The number of thiazole rings is 1. The number of fused-ring (bicyclic) bond motifs is 1. The van der Waals surface area contributed by atoms with Gasteiger partial charge in [-0.05, 0) is 31.2 Å². The summed E-state index contributed by atoms with van der Waals surface area (Å²) in [5.41, 5.74) is 0. The Kier molecular flexibility index (Phi) is 4.36. The zero-order valence-corrected chi connectivity index (χ0v) is 16.5. The molecule has 29 heavy (non-hydrogen) atoms. The Morgan fingerprint density at radius 1 is 1.17 bits per heavy atom. The molecule has 10 heteroatoms. The molecule has 1 aliphatic heterocycles. The largest absolute Gasteiger partial charge is 0.492 e. The van der Waals surface area contributed by atoms with Crippen molar-refractivity contribution in [3.05, 3.63) is 59.0 Å². The quantitative estimate of drug-likeness (QED) is 0.549. The predicted molar refractivity (Wildman–Crippen MR) is 104 cm³/mol. The lowest BCUT2D eigenvalue weighted by molar-refractivity contribution is 0.0554. The van der Waals surface area contributed by atoms with Gasteiger partial charge >= 0.3 is 0 Å². The number of carbonyl (C=O) groups is 1. The van der Waals surface area contributed by atoms with Crippen molar-refractivity contribution < 1.29 is 18.7 Å². The van der Waals surface area contributed by atoms with Crippen LogP contribution in [0.4, 0.5) is 0 Å². The van der Waals surface area contributed by atoms with Gasteiger partial charge in [-0.2, -0.15) is 4.52 Å². The first-order chi connectivity index (χ1) is 14.1. The van der Waals surface area contributed by atoms with Crippen molar-refractivity contribution in [1.29, 1.82) is 0 Å². The summed E-state index contributed by atoms with van der Waals surface area (Å²) in [6.45, 7) is 4.15. The summed E-state index contributed by atoms with van der Waals surface area (Å²) < 4.78 is 12.4. The van der Waals surface area contributed by atoms with Crippen LogP contribution in [0.5, 0.6) is 5.88 Å². The van der Waals surface area contributed by atoms with E-state index in [2.05, 4.69) is 15.0 Å². The topological polar surface area (TPSA) is 100 Å². The maximum atomic E-state index is 12.5. The molecule has 5 heterocycles. The summed E-state index contributed by atoms with van der Waals surface area (Å²) in [5, 5.41) is 15.1. The van der Waals surface area contributed by atoms with Crippen LogP contribution in [0.1, 0.15) is 33.1 Å². The number of piperazine rings is 1. The molecular formula is C19H19N5O4S. The molecule has 4 aromatic heterocycles. The lowest BCUT2D eigenvalue weighted by atomic mass is 10.1. The van der Waals surface area contributed by atoms with E-state index in [9.17, 15) is 9.90 Å². The molecular weight excluding hydrogens is 394 g/mol. The van der Waals surface area contributed by atoms with E-state index < -0.39 is 0 Å². The van der Waals surface area contributed by atoms with Crippen LogP contribution in [0.25, 0.3) is 4.96 Å². The molecule has 0 bridgehead atoms. The number of furan rings is 2. The fraction of sp³-hybridized carbons (Fsp3) is 0.316. The molecule has 0 spiro atoms. The molecule has 1 saturated heterocycles. The van der Waals surface area contributed by atoms with Crippen LogP contribution in [0, 0.1) is 6.92 Å². The average Bonchev–Trinajstić information content (AvgIpc) is 3.51. The van der Waals surface area contributed by atoms with Crippen molar-refractivity contribution in [2.24, 2.45) is 0 Å². The second kappa shape index (κ2) is 7.05. The van der Waals surface area contributed by atoms with E-state index in [-0.39, 0.29) is 17.8 Å². The third-order valence-electron chi connectivity index (χ3n) is 5.07. The van der Waals surface area contributed by atoms with Gasteiger partial charge in [-0.3, -0.25) is 9.69 Å². The molecule has 9 nitrogen and oxygen atoms in total. The van der Waals surface area contributed by atoms with Gasteiger partial charge in [0.2, 0.25) is 10.8 Å². The number of aromatic nitrogens is 3. The summed E-state index contributed by atoms with van der Waals surface area (Å²) >= 11 is 1.39. The minimum Gasteiger partial charge on any atom is -0.492 e. The first kappa shape index (κ1) is 18.0. The molecule has 5 rings (SSSR count). The molecule has 0 saturated carbocycles. The van der Waals surface area contributed by atoms with E-state index in [1.807, 2.05) is 12.1 Å². The molecule has 0 aliphatic carbocycles. The SMILES string of the molecule is Cc1nc2sc([C@@H](c3ccco3)N3CCN(C(=O)c4ccco4)CC3)c(O)n2n1.